The lowest BCUT2D eigenvalue weighted by molar-refractivity contribution is -0.150. The first-order valence-corrected chi connectivity index (χ1v) is 35.7. The van der Waals surface area contributed by atoms with Crippen LogP contribution in [0.4, 0.5) is 0 Å². The van der Waals surface area contributed by atoms with E-state index in [4.69, 9.17) is 4.74 Å². The van der Waals surface area contributed by atoms with Crippen LogP contribution in [0.25, 0.3) is 21.8 Å². The Morgan fingerprint density at radius 3 is 1.91 bits per heavy atom. The first-order chi connectivity index (χ1) is 48.1. The van der Waals surface area contributed by atoms with Crippen LogP contribution in [0.5, 0.6) is 5.75 Å². The van der Waals surface area contributed by atoms with E-state index in [1.807, 2.05) is 52.0 Å². The molecule has 102 heavy (non-hydrogen) atoms. The van der Waals surface area contributed by atoms with E-state index in [-0.39, 0.29) is 61.5 Å². The van der Waals surface area contributed by atoms with Gasteiger partial charge in [0.25, 0.3) is 0 Å². The molecule has 9 rings (SSSR count). The molecule has 3 aromatic carbocycles. The predicted molar refractivity (Wildman–Crippen MR) is 380 cm³/mol. The number of ether oxygens (including phenoxy) is 1. The molecule has 31 heteroatoms. The van der Waals surface area contributed by atoms with Crippen LogP contribution in [-0.4, -0.2) is 215 Å². The summed E-state index contributed by atoms with van der Waals surface area (Å²) in [7, 11) is 1.55. The molecule has 0 unspecified atom stereocenters. The number of para-hydroxylation sites is 2. The number of H-pyrrole nitrogens is 2. The molecule has 4 aliphatic rings. The normalized spacial score (nSPS) is 29.1. The first kappa shape index (κ1) is 78.8. The van der Waals surface area contributed by atoms with Crippen molar-refractivity contribution in [2.24, 2.45) is 11.8 Å². The fourth-order valence-electron chi connectivity index (χ4n) is 13.0. The minimum absolute atomic E-state index is 0.0439. The number of hydrogen-bond donors (Lipinski definition) is 15. The van der Waals surface area contributed by atoms with Gasteiger partial charge in [0, 0.05) is 72.8 Å². The van der Waals surface area contributed by atoms with E-state index in [2.05, 4.69) is 74.5 Å². The number of cyclic esters (lactones) is 1. The molecule has 0 spiro atoms. The number of likely N-dealkylation sites (N-methyl/N-ethyl adjacent to an activating group) is 1. The maximum absolute atomic E-state index is 14.3. The Bertz CT molecular complexity index is 3970. The van der Waals surface area contributed by atoms with E-state index >= 15 is 0 Å². The molecule has 0 saturated carbocycles. The third-order valence-corrected chi connectivity index (χ3v) is 20.4. The number of aliphatic hydroxyl groups excluding tert-OH is 3. The van der Waals surface area contributed by atoms with Gasteiger partial charge >= 0.3 is 5.97 Å². The fraction of sp³-hybridized carbons (Fsp3) is 0.507. The number of aliphatic hydroxyl groups is 4. The zero-order valence-electron chi connectivity index (χ0n) is 58.6. The zero-order valence-corrected chi connectivity index (χ0v) is 61.0. The summed E-state index contributed by atoms with van der Waals surface area (Å²) in [5.41, 5.74) is 2.55. The van der Waals surface area contributed by atoms with Gasteiger partial charge in [0.05, 0.1) is 52.6 Å². The number of aromatic hydroxyl groups is 1. The number of rotatable bonds is 7. The Labute approximate surface area is 602 Å². The van der Waals surface area contributed by atoms with Crippen molar-refractivity contribution in [3.05, 3.63) is 106 Å². The number of aromatic nitrogens is 2. The van der Waals surface area contributed by atoms with Crippen molar-refractivity contribution in [1.82, 2.24) is 62.3 Å². The van der Waals surface area contributed by atoms with Gasteiger partial charge in [-0.1, -0.05) is 74.0 Å². The molecular formula is C71H93BrN12O17S. The molecule has 29 nitrogen and oxygen atoms in total. The highest BCUT2D eigenvalue weighted by molar-refractivity contribution is 9.10. The minimum atomic E-state index is -1.90. The lowest BCUT2D eigenvalue weighted by Gasteiger charge is -2.31. The van der Waals surface area contributed by atoms with E-state index < -0.39 is 156 Å². The van der Waals surface area contributed by atoms with Crippen molar-refractivity contribution < 1.29 is 83.0 Å². The number of carbonyl (C=O) groups is 11. The van der Waals surface area contributed by atoms with Crippen molar-refractivity contribution in [3.8, 4) is 5.75 Å². The van der Waals surface area contributed by atoms with Crippen LogP contribution in [0.1, 0.15) is 117 Å². The minimum Gasteiger partial charge on any atom is -0.508 e. The number of amides is 10. The molecule has 10 amide bonds. The molecule has 5 aromatic rings. The van der Waals surface area contributed by atoms with E-state index in [1.165, 1.54) is 44.7 Å². The number of hydrogen-bond acceptors (Lipinski definition) is 18. The second-order valence-corrected chi connectivity index (χ2v) is 29.3. The summed E-state index contributed by atoms with van der Waals surface area (Å²) in [4.78, 5) is 160. The van der Waals surface area contributed by atoms with Gasteiger partial charge in [0.2, 0.25) is 59.1 Å². The standard InChI is InChI=1S/C36H45BrN4O6.C35H48N8O11S/c1-20-15-21(2)17-23(4)47-32(43)19-30(25-11-13-26(42)14-12-25)40-35(45)31(18-28-27-9-7-8-10-29(27)39-33(28)37)41(6)36(46)24(5)38-34(44)22(3)16-20;1-15-27(47)38-22-10-20-19-7-5-6-8-21(19)41-33(20)55-13-24(34(53)43-12-18(46)9-25(43)31(51)37-15)40-32(52)26(17(3)45)42-28(48)16(2)36-30(50)23(39-29(22)49)11-35(4,54)14-44/h7-15,21-24,30-31,39,42H,16-19H2,1-6H3,(H,38,44)(H,40,45);5-8,15-18,22-26,41,44-46,54H,9-14H2,1-4H3,(H,36,50)(H,37,51)(H,38,47)(H,39,49)(H,40,52)(H,42,48)/b20-15+;/t21-,22+,23-,24-,30+,31+;15-,16-,17-,18+,22-,23-,24+,25-,26+,35+/m00/s1. The number of aromatic amines is 2. The number of esters is 1. The highest BCUT2D eigenvalue weighted by Gasteiger charge is 2.45. The van der Waals surface area contributed by atoms with Gasteiger partial charge < -0.3 is 92.6 Å². The van der Waals surface area contributed by atoms with Crippen LogP contribution in [0.3, 0.4) is 0 Å². The fourth-order valence-corrected chi connectivity index (χ4v) is 14.7. The van der Waals surface area contributed by atoms with Gasteiger partial charge in [-0.05, 0) is 124 Å². The number of nitrogens with one attached hydrogen (secondary N) is 10. The monoisotopic (exact) mass is 1500 g/mol. The van der Waals surface area contributed by atoms with Crippen LogP contribution >= 0.6 is 27.7 Å². The summed E-state index contributed by atoms with van der Waals surface area (Å²) in [5, 5.41) is 74.8. The van der Waals surface area contributed by atoms with Gasteiger partial charge in [-0.15, -0.1) is 11.8 Å². The molecule has 4 aliphatic heterocycles. The summed E-state index contributed by atoms with van der Waals surface area (Å²) >= 11 is 4.68. The van der Waals surface area contributed by atoms with E-state index in [1.54, 1.807) is 50.4 Å². The van der Waals surface area contributed by atoms with E-state index in [9.17, 15) is 78.3 Å². The summed E-state index contributed by atoms with van der Waals surface area (Å²) in [6.07, 6.45) is -0.769. The third kappa shape index (κ3) is 20.0. The van der Waals surface area contributed by atoms with Crippen molar-refractivity contribution in [2.45, 2.75) is 197 Å². The van der Waals surface area contributed by atoms with Crippen LogP contribution in [0.15, 0.2) is 94.1 Å². The average Bonchev–Trinajstić information content (AvgIpc) is 1.64. The Morgan fingerprint density at radius 2 is 1.25 bits per heavy atom. The molecule has 16 atom stereocenters. The number of phenolic OH excluding ortho intramolecular Hbond substituents is 1. The van der Waals surface area contributed by atoms with Crippen molar-refractivity contribution in [1.29, 1.82) is 0 Å². The Morgan fingerprint density at radius 1 is 0.657 bits per heavy atom. The maximum atomic E-state index is 14.3. The Kier molecular flexibility index (Phi) is 26.6. The molecule has 552 valence electrons. The average molecular weight is 1500 g/mol. The van der Waals surface area contributed by atoms with Gasteiger partial charge in [-0.2, -0.15) is 0 Å². The summed E-state index contributed by atoms with van der Waals surface area (Å²) < 4.78 is 6.47. The number of halogens is 1. The molecule has 0 radical (unpaired) electrons. The molecule has 15 N–H and O–H groups in total. The van der Waals surface area contributed by atoms with Crippen molar-refractivity contribution in [3.63, 3.8) is 0 Å². The lowest BCUT2D eigenvalue weighted by atomic mass is 9.95. The second kappa shape index (κ2) is 34.4. The highest BCUT2D eigenvalue weighted by atomic mass is 79.9. The van der Waals surface area contributed by atoms with Gasteiger partial charge in [-0.3, -0.25) is 52.7 Å². The topological polar surface area (TPSA) is 432 Å². The lowest BCUT2D eigenvalue weighted by Crippen LogP contribution is -2.61. The van der Waals surface area contributed by atoms with Crippen molar-refractivity contribution in [2.75, 3.05) is 26.0 Å². The summed E-state index contributed by atoms with van der Waals surface area (Å²) in [6.45, 7) is 13.3. The number of carbonyl (C=O) groups excluding carboxylic acids is 11. The maximum Gasteiger partial charge on any atom is 0.308 e. The quantitative estimate of drug-likeness (QED) is 0.0818. The molecule has 6 heterocycles. The third-order valence-electron chi connectivity index (χ3n) is 18.5. The first-order valence-electron chi connectivity index (χ1n) is 33.9. The smallest absolute Gasteiger partial charge is 0.308 e. The van der Waals surface area contributed by atoms with E-state index in [0.29, 0.717) is 44.5 Å². The summed E-state index contributed by atoms with van der Waals surface area (Å²) in [5.74, 6) is -8.18. The van der Waals surface area contributed by atoms with Crippen LogP contribution in [0.2, 0.25) is 0 Å². The number of nitrogens with zero attached hydrogens (tertiary/aromatic N) is 2. The predicted octanol–water partition coefficient (Wildman–Crippen LogP) is 1.96. The van der Waals surface area contributed by atoms with Gasteiger partial charge in [-0.25, -0.2) is 0 Å². The zero-order chi connectivity index (χ0) is 74.8. The molecule has 1 saturated heterocycles. The van der Waals surface area contributed by atoms with Gasteiger partial charge in [0.15, 0.2) is 0 Å². The van der Waals surface area contributed by atoms with Crippen LogP contribution < -0.4 is 42.5 Å². The number of fused-ring (bicyclic) bond motifs is 6. The van der Waals surface area contributed by atoms with Crippen LogP contribution in [0, 0.1) is 11.8 Å². The summed E-state index contributed by atoms with van der Waals surface area (Å²) in [6, 6.07) is 8.34. The number of thioether (sulfide) groups is 1. The molecule has 2 aromatic heterocycles. The Balaban J connectivity index is 0.000000262. The SMILES string of the molecule is C/C1=C\[C@H](C)C[C@H](C)OC(=O)C[C@H](c2ccc(O)cc2)NC(=O)[C@@H](Cc2c(Br)[nH]c3ccccc23)N(C)C(=O)[C@H](C)NC(=O)[C@H](C)C1.C[C@@H]1NC(=O)[C@H](C[C@@](C)(O)CO)NC(=O)[C@@H]2Cc3c([nH]c4ccccc34)SC[C@@H](NC(=O)[C@@H]([C@H](C)O)NC1=O)C(=O)N1C[C@H](O)C[C@H]1C(=O)N[C@@H](C)C(=O)N2. The number of benzene rings is 3. The van der Waals surface area contributed by atoms with Gasteiger partial charge in [0.1, 0.15) is 60.1 Å². The Hall–Kier alpha value is -8.88. The highest BCUT2D eigenvalue weighted by Crippen LogP contribution is 2.34. The largest absolute Gasteiger partial charge is 0.508 e. The molecule has 2 bridgehead atoms. The molecular weight excluding hydrogens is 1400 g/mol. The second-order valence-electron chi connectivity index (χ2n) is 27.5. The van der Waals surface area contributed by atoms with Crippen molar-refractivity contribution >= 4 is 115 Å². The van der Waals surface area contributed by atoms with Crippen LogP contribution in [-0.2, 0) is 70.3 Å². The van der Waals surface area contributed by atoms with E-state index in [0.717, 1.165) is 38.7 Å². The molecule has 1 fully saturated rings. The molecule has 0 aliphatic carbocycles. The number of phenols is 1. The number of allylic oxidation sites excluding steroid dienone is 2.